The average molecular weight is 399 g/mol. The van der Waals surface area contributed by atoms with Crippen molar-refractivity contribution in [2.24, 2.45) is 0 Å². The topological polar surface area (TPSA) is 79.7 Å². The lowest BCUT2D eigenvalue weighted by Crippen LogP contribution is -2.33. The molecule has 2 amide bonds. The number of allylic oxidation sites excluding steroid dienone is 1. The summed E-state index contributed by atoms with van der Waals surface area (Å²) in [4.78, 5) is 26.4. The van der Waals surface area contributed by atoms with Crippen LogP contribution in [0.4, 0.5) is 20.6 Å². The average Bonchev–Trinajstić information content (AvgIpc) is 3.33. The predicted octanol–water partition coefficient (Wildman–Crippen LogP) is 2.19. The van der Waals surface area contributed by atoms with Crippen molar-refractivity contribution in [1.29, 1.82) is 0 Å². The van der Waals surface area contributed by atoms with Gasteiger partial charge in [-0.15, -0.1) is 6.58 Å². The van der Waals surface area contributed by atoms with Crippen molar-refractivity contribution < 1.29 is 18.7 Å². The van der Waals surface area contributed by atoms with Crippen molar-refractivity contribution in [3.8, 4) is 0 Å². The number of nitrogens with one attached hydrogen (secondary N) is 1. The molecule has 0 saturated carbocycles. The summed E-state index contributed by atoms with van der Waals surface area (Å²) in [5.74, 6) is -0.609. The number of anilines is 2. The molecule has 1 fully saturated rings. The minimum absolute atomic E-state index is 0.197. The van der Waals surface area contributed by atoms with E-state index in [1.165, 1.54) is 17.9 Å². The quantitative estimate of drug-likeness (QED) is 0.754. The molecular formula is C20H22FN5O3. The molecular weight excluding hydrogens is 377 g/mol. The van der Waals surface area contributed by atoms with Gasteiger partial charge in [0.15, 0.2) is 0 Å². The predicted molar refractivity (Wildman–Crippen MR) is 105 cm³/mol. The summed E-state index contributed by atoms with van der Waals surface area (Å²) < 4.78 is 21.9. The summed E-state index contributed by atoms with van der Waals surface area (Å²) >= 11 is 0. The lowest BCUT2D eigenvalue weighted by molar-refractivity contribution is -0.119. The smallest absolute Gasteiger partial charge is 0.414 e. The fraction of sp³-hybridized carbons (Fsp3) is 0.350. The van der Waals surface area contributed by atoms with Crippen molar-refractivity contribution in [2.75, 3.05) is 22.9 Å². The van der Waals surface area contributed by atoms with Crippen molar-refractivity contribution >= 4 is 23.4 Å². The van der Waals surface area contributed by atoms with Crippen LogP contribution in [0.2, 0.25) is 0 Å². The molecule has 2 aliphatic heterocycles. The molecule has 0 radical (unpaired) electrons. The van der Waals surface area contributed by atoms with E-state index in [0.29, 0.717) is 31.0 Å². The van der Waals surface area contributed by atoms with Crippen LogP contribution in [0.15, 0.2) is 37.1 Å². The molecule has 0 bridgehead atoms. The molecule has 8 nitrogen and oxygen atoms in total. The first-order valence-corrected chi connectivity index (χ1v) is 9.37. The standard InChI is InChI=1S/C20H22FN5O3/c1-3-6-25-10-14-9-24(12-18(14)23-25)19-5-4-15(7-17(19)21)26-11-16(29-20(26)28)8-22-13(2)27/h3-5,7,10,16H,1,6,8-9,11-12H2,2H3,(H,22,27)/t16-/m0/s1. The number of halogens is 1. The van der Waals surface area contributed by atoms with Crippen LogP contribution < -0.4 is 15.1 Å². The first kappa shape index (κ1) is 19.0. The number of ether oxygens (including phenoxy) is 1. The molecule has 29 heavy (non-hydrogen) atoms. The van der Waals surface area contributed by atoms with Crippen LogP contribution in [0.1, 0.15) is 18.2 Å². The highest BCUT2D eigenvalue weighted by Crippen LogP contribution is 2.32. The second-order valence-electron chi connectivity index (χ2n) is 7.16. The van der Waals surface area contributed by atoms with E-state index in [2.05, 4.69) is 17.0 Å². The van der Waals surface area contributed by atoms with Gasteiger partial charge in [-0.25, -0.2) is 9.18 Å². The van der Waals surface area contributed by atoms with Crippen LogP contribution in [0.3, 0.4) is 0 Å². The van der Waals surface area contributed by atoms with Gasteiger partial charge in [0.1, 0.15) is 11.9 Å². The Kier molecular flexibility index (Phi) is 4.96. The van der Waals surface area contributed by atoms with Gasteiger partial charge in [0.05, 0.1) is 43.2 Å². The number of hydrogen-bond donors (Lipinski definition) is 1. The van der Waals surface area contributed by atoms with Crippen LogP contribution in [0.25, 0.3) is 0 Å². The molecule has 152 valence electrons. The minimum Gasteiger partial charge on any atom is -0.442 e. The molecule has 1 saturated heterocycles. The van der Waals surface area contributed by atoms with Crippen LogP contribution in [0, 0.1) is 5.82 Å². The van der Waals surface area contributed by atoms with Crippen molar-refractivity contribution in [3.63, 3.8) is 0 Å². The number of carbonyl (C=O) groups excluding carboxylic acids is 2. The third-order valence-electron chi connectivity index (χ3n) is 4.98. The van der Waals surface area contributed by atoms with Gasteiger partial charge in [-0.2, -0.15) is 5.10 Å². The fourth-order valence-corrected chi connectivity index (χ4v) is 3.62. The molecule has 0 spiro atoms. The molecule has 4 rings (SSSR count). The SMILES string of the molecule is C=CCn1cc2c(n1)CN(c1ccc(N3C[C@H](CNC(C)=O)OC3=O)cc1F)C2. The number of carbonyl (C=O) groups is 2. The lowest BCUT2D eigenvalue weighted by atomic mass is 10.2. The minimum atomic E-state index is -0.551. The molecule has 1 N–H and O–H groups in total. The molecule has 9 heteroatoms. The van der Waals surface area contributed by atoms with Gasteiger partial charge in [-0.3, -0.25) is 14.4 Å². The fourth-order valence-electron chi connectivity index (χ4n) is 3.62. The summed E-state index contributed by atoms with van der Waals surface area (Å²) in [6.07, 6.45) is 2.72. The van der Waals surface area contributed by atoms with Crippen molar-refractivity contribution in [1.82, 2.24) is 15.1 Å². The largest absolute Gasteiger partial charge is 0.442 e. The van der Waals surface area contributed by atoms with E-state index < -0.39 is 18.0 Å². The van der Waals surface area contributed by atoms with E-state index in [1.807, 2.05) is 15.8 Å². The third kappa shape index (κ3) is 3.80. The summed E-state index contributed by atoms with van der Waals surface area (Å²) in [5.41, 5.74) is 2.89. The van der Waals surface area contributed by atoms with Gasteiger partial charge in [0.2, 0.25) is 5.91 Å². The monoisotopic (exact) mass is 399 g/mol. The number of rotatable bonds is 6. The maximum atomic E-state index is 14.8. The zero-order chi connectivity index (χ0) is 20.5. The molecule has 2 aromatic rings. The summed E-state index contributed by atoms with van der Waals surface area (Å²) in [7, 11) is 0. The number of nitrogens with zero attached hydrogens (tertiary/aromatic N) is 4. The maximum Gasteiger partial charge on any atom is 0.414 e. The second kappa shape index (κ2) is 7.57. The molecule has 1 aromatic carbocycles. The summed E-state index contributed by atoms with van der Waals surface area (Å²) in [6.45, 7) is 7.33. The first-order valence-electron chi connectivity index (χ1n) is 9.37. The second-order valence-corrected chi connectivity index (χ2v) is 7.16. The Balaban J connectivity index is 1.44. The van der Waals surface area contributed by atoms with Gasteiger partial charge >= 0.3 is 6.09 Å². The van der Waals surface area contributed by atoms with Crippen molar-refractivity contribution in [2.45, 2.75) is 32.7 Å². The number of amides is 2. The van der Waals surface area contributed by atoms with Crippen LogP contribution in [-0.4, -0.2) is 41.0 Å². The normalized spacial score (nSPS) is 18.0. The molecule has 0 aliphatic carbocycles. The van der Waals surface area contributed by atoms with E-state index >= 15 is 0 Å². The van der Waals surface area contributed by atoms with Crippen LogP contribution >= 0.6 is 0 Å². The lowest BCUT2D eigenvalue weighted by Gasteiger charge is -2.21. The van der Waals surface area contributed by atoms with Crippen LogP contribution in [0.5, 0.6) is 0 Å². The molecule has 0 unspecified atom stereocenters. The Bertz CT molecular complexity index is 950. The zero-order valence-corrected chi connectivity index (χ0v) is 16.1. The van der Waals surface area contributed by atoms with E-state index in [-0.39, 0.29) is 19.0 Å². The van der Waals surface area contributed by atoms with Crippen LogP contribution in [-0.2, 0) is 29.2 Å². The Morgan fingerprint density at radius 3 is 2.97 bits per heavy atom. The molecule has 3 heterocycles. The number of fused-ring (bicyclic) bond motifs is 1. The van der Waals surface area contributed by atoms with E-state index in [1.54, 1.807) is 18.2 Å². The number of aromatic nitrogens is 2. The number of cyclic esters (lactones) is 1. The summed E-state index contributed by atoms with van der Waals surface area (Å²) in [5, 5.41) is 7.12. The van der Waals surface area contributed by atoms with Gasteiger partial charge in [-0.1, -0.05) is 6.08 Å². The maximum absolute atomic E-state index is 14.8. The first-order chi connectivity index (χ1) is 13.9. The molecule has 1 aromatic heterocycles. The Morgan fingerprint density at radius 2 is 2.28 bits per heavy atom. The van der Waals surface area contributed by atoms with Gasteiger partial charge in [0, 0.05) is 25.2 Å². The van der Waals surface area contributed by atoms with Gasteiger partial charge < -0.3 is 15.0 Å². The van der Waals surface area contributed by atoms with E-state index in [4.69, 9.17) is 4.74 Å². The van der Waals surface area contributed by atoms with Gasteiger partial charge in [-0.05, 0) is 18.2 Å². The third-order valence-corrected chi connectivity index (χ3v) is 4.98. The summed E-state index contributed by atoms with van der Waals surface area (Å²) in [6, 6.07) is 4.71. The Labute approximate surface area is 167 Å². The van der Waals surface area contributed by atoms with Gasteiger partial charge in [0.25, 0.3) is 0 Å². The Morgan fingerprint density at radius 1 is 1.45 bits per heavy atom. The highest BCUT2D eigenvalue weighted by molar-refractivity contribution is 5.90. The molecule has 1 atom stereocenters. The zero-order valence-electron chi connectivity index (χ0n) is 16.1. The Hall–Kier alpha value is -3.36. The van der Waals surface area contributed by atoms with Crippen molar-refractivity contribution in [3.05, 3.63) is 54.1 Å². The number of benzene rings is 1. The number of hydrogen-bond acceptors (Lipinski definition) is 5. The van der Waals surface area contributed by atoms with E-state index in [0.717, 1.165) is 11.3 Å². The molecule has 2 aliphatic rings. The highest BCUT2D eigenvalue weighted by Gasteiger charge is 2.33. The highest BCUT2D eigenvalue weighted by atomic mass is 19.1. The van der Waals surface area contributed by atoms with E-state index in [9.17, 15) is 14.0 Å².